The van der Waals surface area contributed by atoms with Crippen LogP contribution in [0.1, 0.15) is 18.9 Å². The highest BCUT2D eigenvalue weighted by Crippen LogP contribution is 2.04. The number of aryl methyl sites for hydroxylation is 1. The van der Waals surface area contributed by atoms with Crippen molar-refractivity contribution in [2.45, 2.75) is 19.8 Å². The van der Waals surface area contributed by atoms with Crippen LogP contribution in [0, 0.1) is 0 Å². The topological polar surface area (TPSA) is 26.0 Å². The smallest absolute Gasteiger partial charge is 0.0134 e. The first-order valence-corrected chi connectivity index (χ1v) is 4.72. The van der Waals surface area contributed by atoms with Crippen LogP contribution in [0.25, 0.3) is 0 Å². The van der Waals surface area contributed by atoms with E-state index in [1.165, 1.54) is 11.1 Å². The van der Waals surface area contributed by atoms with E-state index >= 15 is 0 Å². The number of rotatable bonds is 4. The van der Waals surface area contributed by atoms with Gasteiger partial charge in [0.05, 0.1) is 0 Å². The van der Waals surface area contributed by atoms with Crippen molar-refractivity contribution >= 4 is 0 Å². The first-order valence-electron chi connectivity index (χ1n) is 4.72. The van der Waals surface area contributed by atoms with E-state index in [4.69, 9.17) is 5.73 Å². The van der Waals surface area contributed by atoms with Crippen molar-refractivity contribution in [2.24, 2.45) is 5.73 Å². The van der Waals surface area contributed by atoms with Crippen LogP contribution in [0.4, 0.5) is 0 Å². The van der Waals surface area contributed by atoms with E-state index in [-0.39, 0.29) is 0 Å². The third kappa shape index (κ3) is 3.90. The molecule has 0 aliphatic rings. The maximum atomic E-state index is 5.48. The van der Waals surface area contributed by atoms with Gasteiger partial charge in [0.2, 0.25) is 0 Å². The Bertz CT molecular complexity index is 262. The van der Waals surface area contributed by atoms with Crippen LogP contribution in [0.5, 0.6) is 0 Å². The molecule has 1 aromatic carbocycles. The van der Waals surface area contributed by atoms with Gasteiger partial charge in [-0.2, -0.15) is 0 Å². The zero-order valence-electron chi connectivity index (χ0n) is 8.16. The summed E-state index contributed by atoms with van der Waals surface area (Å²) in [7, 11) is 0. The van der Waals surface area contributed by atoms with Crippen LogP contribution < -0.4 is 5.73 Å². The minimum Gasteiger partial charge on any atom is -0.327 e. The molecule has 0 bridgehead atoms. The molecule has 0 aliphatic heterocycles. The van der Waals surface area contributed by atoms with Gasteiger partial charge >= 0.3 is 0 Å². The molecule has 1 rings (SSSR count). The van der Waals surface area contributed by atoms with E-state index in [1.807, 2.05) is 6.07 Å². The van der Waals surface area contributed by atoms with Crippen molar-refractivity contribution in [3.63, 3.8) is 0 Å². The van der Waals surface area contributed by atoms with Crippen molar-refractivity contribution in [1.82, 2.24) is 0 Å². The highest BCUT2D eigenvalue weighted by Gasteiger charge is 1.89. The predicted molar refractivity (Wildman–Crippen MR) is 57.6 cm³/mol. The van der Waals surface area contributed by atoms with Gasteiger partial charge in [-0.25, -0.2) is 0 Å². The molecule has 0 amide bonds. The maximum Gasteiger partial charge on any atom is 0.0134 e. The summed E-state index contributed by atoms with van der Waals surface area (Å²) in [5.41, 5.74) is 8.15. The number of hydrogen-bond donors (Lipinski definition) is 1. The molecule has 1 nitrogen and oxygen atoms in total. The molecule has 0 spiro atoms. The molecule has 0 atom stereocenters. The molecule has 2 N–H and O–H groups in total. The predicted octanol–water partition coefficient (Wildman–Crippen LogP) is 2.52. The molecule has 13 heavy (non-hydrogen) atoms. The normalized spacial score (nSPS) is 11.7. The summed E-state index contributed by atoms with van der Waals surface area (Å²) in [5.74, 6) is 0. The van der Waals surface area contributed by atoms with E-state index in [0.29, 0.717) is 6.54 Å². The Morgan fingerprint density at radius 2 is 2.00 bits per heavy atom. The lowest BCUT2D eigenvalue weighted by atomic mass is 10.1. The average Bonchev–Trinajstić information content (AvgIpc) is 2.19. The first-order chi connectivity index (χ1) is 6.33. The molecule has 0 saturated heterocycles. The van der Waals surface area contributed by atoms with Gasteiger partial charge in [0.15, 0.2) is 0 Å². The Hall–Kier alpha value is -1.08. The Kier molecular flexibility index (Phi) is 4.27. The van der Waals surface area contributed by atoms with Crippen LogP contribution in [-0.4, -0.2) is 6.54 Å². The highest BCUT2D eigenvalue weighted by molar-refractivity contribution is 5.15. The summed E-state index contributed by atoms with van der Waals surface area (Å²) in [5, 5.41) is 0. The fourth-order valence-corrected chi connectivity index (χ4v) is 1.21. The summed E-state index contributed by atoms with van der Waals surface area (Å²) < 4.78 is 0. The van der Waals surface area contributed by atoms with Gasteiger partial charge in [-0.1, -0.05) is 42.0 Å². The molecule has 0 radical (unpaired) electrons. The fraction of sp³-hybridized carbons (Fsp3) is 0.333. The number of benzene rings is 1. The molecular weight excluding hydrogens is 158 g/mol. The van der Waals surface area contributed by atoms with Crippen LogP contribution in [0.2, 0.25) is 0 Å². The Balaban J connectivity index is 2.36. The summed E-state index contributed by atoms with van der Waals surface area (Å²) in [6, 6.07) is 10.5. The van der Waals surface area contributed by atoms with Gasteiger partial charge in [0, 0.05) is 6.54 Å². The second-order valence-corrected chi connectivity index (χ2v) is 3.28. The first kappa shape index (κ1) is 10.0. The largest absolute Gasteiger partial charge is 0.327 e. The lowest BCUT2D eigenvalue weighted by Crippen LogP contribution is -1.99. The van der Waals surface area contributed by atoms with Crippen molar-refractivity contribution < 1.29 is 0 Å². The minimum atomic E-state index is 0.675. The summed E-state index contributed by atoms with van der Waals surface area (Å²) >= 11 is 0. The third-order valence-electron chi connectivity index (χ3n) is 2.09. The highest BCUT2D eigenvalue weighted by atomic mass is 14.5. The molecule has 0 saturated carbocycles. The maximum absolute atomic E-state index is 5.48. The van der Waals surface area contributed by atoms with Gasteiger partial charge in [0.1, 0.15) is 0 Å². The van der Waals surface area contributed by atoms with Crippen LogP contribution in [0.15, 0.2) is 42.0 Å². The molecule has 1 heteroatoms. The number of nitrogens with two attached hydrogens (primary N) is 1. The number of hydrogen-bond acceptors (Lipinski definition) is 1. The Morgan fingerprint density at radius 1 is 1.31 bits per heavy atom. The van der Waals surface area contributed by atoms with Crippen molar-refractivity contribution in [3.8, 4) is 0 Å². The van der Waals surface area contributed by atoms with Gasteiger partial charge < -0.3 is 5.73 Å². The molecular formula is C12H17N. The van der Waals surface area contributed by atoms with E-state index in [1.54, 1.807) is 0 Å². The fourth-order valence-electron chi connectivity index (χ4n) is 1.21. The molecule has 0 unspecified atom stereocenters. The Morgan fingerprint density at radius 3 is 2.62 bits per heavy atom. The average molecular weight is 175 g/mol. The van der Waals surface area contributed by atoms with E-state index in [9.17, 15) is 0 Å². The molecule has 70 valence electrons. The quantitative estimate of drug-likeness (QED) is 0.699. The summed E-state index contributed by atoms with van der Waals surface area (Å²) in [4.78, 5) is 0. The van der Waals surface area contributed by atoms with Gasteiger partial charge in [0.25, 0.3) is 0 Å². The lowest BCUT2D eigenvalue weighted by Gasteiger charge is -1.98. The second kappa shape index (κ2) is 5.55. The lowest BCUT2D eigenvalue weighted by molar-refractivity contribution is 0.975. The van der Waals surface area contributed by atoms with Crippen LogP contribution in [0.3, 0.4) is 0 Å². The summed E-state index contributed by atoms with van der Waals surface area (Å²) in [6.45, 7) is 2.75. The molecule has 0 heterocycles. The SMILES string of the molecule is C/C(=C/CCc1ccccc1)CN. The monoisotopic (exact) mass is 175 g/mol. The molecule has 1 aromatic rings. The van der Waals surface area contributed by atoms with Crippen molar-refractivity contribution in [1.29, 1.82) is 0 Å². The molecule has 0 aliphatic carbocycles. The van der Waals surface area contributed by atoms with Crippen LogP contribution in [-0.2, 0) is 6.42 Å². The molecule has 0 fully saturated rings. The van der Waals surface area contributed by atoms with Crippen molar-refractivity contribution in [2.75, 3.05) is 6.54 Å². The standard InChI is InChI=1S/C12H17N/c1-11(10-13)6-5-9-12-7-3-2-4-8-12/h2-4,6-8H,5,9-10,13H2,1H3/b11-6-. The van der Waals surface area contributed by atoms with Crippen LogP contribution >= 0.6 is 0 Å². The zero-order chi connectivity index (χ0) is 9.52. The Labute approximate surface area is 80.3 Å². The van der Waals surface area contributed by atoms with Crippen molar-refractivity contribution in [3.05, 3.63) is 47.5 Å². The van der Waals surface area contributed by atoms with Gasteiger partial charge in [-0.15, -0.1) is 0 Å². The van der Waals surface area contributed by atoms with E-state index in [0.717, 1.165) is 12.8 Å². The van der Waals surface area contributed by atoms with Gasteiger partial charge in [-0.3, -0.25) is 0 Å². The van der Waals surface area contributed by atoms with E-state index < -0.39 is 0 Å². The van der Waals surface area contributed by atoms with Gasteiger partial charge in [-0.05, 0) is 25.3 Å². The number of allylic oxidation sites excluding steroid dienone is 1. The second-order valence-electron chi connectivity index (χ2n) is 3.28. The summed E-state index contributed by atoms with van der Waals surface area (Å²) in [6.07, 6.45) is 4.41. The zero-order valence-corrected chi connectivity index (χ0v) is 8.16. The third-order valence-corrected chi connectivity index (χ3v) is 2.09. The minimum absolute atomic E-state index is 0.675. The molecule has 0 aromatic heterocycles. The van der Waals surface area contributed by atoms with E-state index in [2.05, 4.69) is 37.3 Å².